The lowest BCUT2D eigenvalue weighted by Gasteiger charge is -2.06. The predicted molar refractivity (Wildman–Crippen MR) is 43.2 cm³/mol. The molecule has 0 aromatic heterocycles. The molecule has 0 radical (unpaired) electrons. The van der Waals surface area contributed by atoms with Gasteiger partial charge >= 0.3 is 7.32 Å². The maximum Gasteiger partial charge on any atom is 0.712 e. The summed E-state index contributed by atoms with van der Waals surface area (Å²) in [4.78, 5) is 0. The van der Waals surface area contributed by atoms with Crippen LogP contribution in [-0.4, -0.2) is 24.2 Å². The molecule has 1 aromatic rings. The molecule has 0 saturated heterocycles. The van der Waals surface area contributed by atoms with Gasteiger partial charge in [0.1, 0.15) is 12.5 Å². The van der Waals surface area contributed by atoms with Gasteiger partial charge in [0.15, 0.2) is 0 Å². The molecule has 0 atom stereocenters. The third-order valence-electron chi connectivity index (χ3n) is 1.20. The van der Waals surface area contributed by atoms with Gasteiger partial charge in [-0.05, 0) is 12.1 Å². The SMILES string of the molecule is OCOB(O)Oc1ccccc1. The summed E-state index contributed by atoms with van der Waals surface area (Å²) in [6.07, 6.45) is 0. The fourth-order valence-electron chi connectivity index (χ4n) is 0.713. The summed E-state index contributed by atoms with van der Waals surface area (Å²) in [5.74, 6) is 0.485. The van der Waals surface area contributed by atoms with Crippen LogP contribution < -0.4 is 4.65 Å². The summed E-state index contributed by atoms with van der Waals surface area (Å²) in [6, 6.07) is 8.70. The molecular formula is C7H9BO4. The Kier molecular flexibility index (Phi) is 3.60. The van der Waals surface area contributed by atoms with Crippen LogP contribution in [0.15, 0.2) is 30.3 Å². The lowest BCUT2D eigenvalue weighted by Crippen LogP contribution is -2.26. The summed E-state index contributed by atoms with van der Waals surface area (Å²) in [5, 5.41) is 17.2. The molecule has 0 heterocycles. The molecule has 0 unspecified atom stereocenters. The van der Waals surface area contributed by atoms with Gasteiger partial charge in [0.2, 0.25) is 0 Å². The first kappa shape index (κ1) is 9.06. The molecular weight excluding hydrogens is 159 g/mol. The highest BCUT2D eigenvalue weighted by Crippen LogP contribution is 2.08. The van der Waals surface area contributed by atoms with Gasteiger partial charge in [-0.3, -0.25) is 0 Å². The lowest BCUT2D eigenvalue weighted by atomic mass is 10.2. The van der Waals surface area contributed by atoms with E-state index in [1.54, 1.807) is 24.3 Å². The standard InChI is InChI=1S/C7H9BO4/c9-6-11-8(10)12-7-4-2-1-3-5-7/h1-5,9-10H,6H2. The number of aliphatic hydroxyl groups is 1. The van der Waals surface area contributed by atoms with Gasteiger partial charge in [0, 0.05) is 0 Å². The van der Waals surface area contributed by atoms with Crippen molar-refractivity contribution in [1.29, 1.82) is 0 Å². The zero-order chi connectivity index (χ0) is 8.81. The number of rotatable bonds is 4. The Labute approximate surface area is 70.5 Å². The van der Waals surface area contributed by atoms with Crippen LogP contribution in [0.25, 0.3) is 0 Å². The highest BCUT2D eigenvalue weighted by Gasteiger charge is 2.16. The molecule has 1 aromatic carbocycles. The maximum absolute atomic E-state index is 8.90. The van der Waals surface area contributed by atoms with Crippen molar-refractivity contribution in [2.24, 2.45) is 0 Å². The van der Waals surface area contributed by atoms with Crippen molar-refractivity contribution in [2.75, 3.05) is 6.79 Å². The topological polar surface area (TPSA) is 58.9 Å². The summed E-state index contributed by atoms with van der Waals surface area (Å²) in [6.45, 7) is -0.575. The molecule has 2 N–H and O–H groups in total. The second kappa shape index (κ2) is 4.76. The average molecular weight is 168 g/mol. The molecule has 0 fully saturated rings. The Balaban J connectivity index is 2.41. The monoisotopic (exact) mass is 168 g/mol. The van der Waals surface area contributed by atoms with E-state index in [1.165, 1.54) is 0 Å². The summed E-state index contributed by atoms with van der Waals surface area (Å²) in [7, 11) is -1.42. The second-order valence-electron chi connectivity index (χ2n) is 2.03. The van der Waals surface area contributed by atoms with E-state index in [0.717, 1.165) is 0 Å². The van der Waals surface area contributed by atoms with Crippen LogP contribution in [0.4, 0.5) is 0 Å². The molecule has 12 heavy (non-hydrogen) atoms. The lowest BCUT2D eigenvalue weighted by molar-refractivity contribution is 0.0568. The van der Waals surface area contributed by atoms with Gasteiger partial charge in [0.25, 0.3) is 0 Å². The number of para-hydroxylation sites is 1. The average Bonchev–Trinajstić information content (AvgIpc) is 2.06. The van der Waals surface area contributed by atoms with Gasteiger partial charge < -0.3 is 19.4 Å². The van der Waals surface area contributed by atoms with E-state index in [9.17, 15) is 0 Å². The second-order valence-corrected chi connectivity index (χ2v) is 2.03. The Hall–Kier alpha value is -1.04. The van der Waals surface area contributed by atoms with Crippen LogP contribution in [-0.2, 0) is 4.65 Å². The van der Waals surface area contributed by atoms with Crippen molar-refractivity contribution < 1.29 is 19.4 Å². The van der Waals surface area contributed by atoms with E-state index >= 15 is 0 Å². The van der Waals surface area contributed by atoms with Crippen molar-refractivity contribution in [3.05, 3.63) is 30.3 Å². The van der Waals surface area contributed by atoms with Gasteiger partial charge in [-0.25, -0.2) is 0 Å². The first-order valence-corrected chi connectivity index (χ1v) is 3.45. The molecule has 64 valence electrons. The fraction of sp³-hybridized carbons (Fsp3) is 0.143. The van der Waals surface area contributed by atoms with Crippen molar-refractivity contribution in [2.45, 2.75) is 0 Å². The van der Waals surface area contributed by atoms with Gasteiger partial charge in [-0.1, -0.05) is 18.2 Å². The van der Waals surface area contributed by atoms with E-state index < -0.39 is 14.1 Å². The van der Waals surface area contributed by atoms with Gasteiger partial charge in [-0.15, -0.1) is 0 Å². The van der Waals surface area contributed by atoms with Crippen LogP contribution in [0.5, 0.6) is 5.75 Å². The van der Waals surface area contributed by atoms with Gasteiger partial charge in [-0.2, -0.15) is 0 Å². The number of hydrogen-bond acceptors (Lipinski definition) is 4. The number of hydrogen-bond donors (Lipinski definition) is 2. The quantitative estimate of drug-likeness (QED) is 0.491. The van der Waals surface area contributed by atoms with E-state index in [0.29, 0.717) is 5.75 Å². The third-order valence-corrected chi connectivity index (χ3v) is 1.20. The highest BCUT2D eigenvalue weighted by atomic mass is 16.7. The third kappa shape index (κ3) is 2.92. The summed E-state index contributed by atoms with van der Waals surface area (Å²) in [5.41, 5.74) is 0. The summed E-state index contributed by atoms with van der Waals surface area (Å²) >= 11 is 0. The van der Waals surface area contributed by atoms with Crippen LogP contribution in [0.1, 0.15) is 0 Å². The molecule has 0 saturated carbocycles. The summed E-state index contributed by atoms with van der Waals surface area (Å²) < 4.78 is 9.16. The molecule has 0 amide bonds. The van der Waals surface area contributed by atoms with Crippen LogP contribution >= 0.6 is 0 Å². The van der Waals surface area contributed by atoms with Crippen LogP contribution in [0.2, 0.25) is 0 Å². The van der Waals surface area contributed by atoms with Crippen molar-refractivity contribution in [1.82, 2.24) is 0 Å². The van der Waals surface area contributed by atoms with Crippen LogP contribution in [0, 0.1) is 0 Å². The normalized spacial score (nSPS) is 9.50. The first-order chi connectivity index (χ1) is 5.83. The molecule has 4 nitrogen and oxygen atoms in total. The van der Waals surface area contributed by atoms with Crippen LogP contribution in [0.3, 0.4) is 0 Å². The first-order valence-electron chi connectivity index (χ1n) is 3.45. The molecule has 1 rings (SSSR count). The molecule has 0 bridgehead atoms. The number of benzene rings is 1. The van der Waals surface area contributed by atoms with E-state index in [-0.39, 0.29) is 0 Å². The molecule has 0 aliphatic carbocycles. The molecule has 5 heteroatoms. The molecule has 0 spiro atoms. The zero-order valence-corrected chi connectivity index (χ0v) is 6.38. The van der Waals surface area contributed by atoms with E-state index in [4.69, 9.17) is 14.8 Å². The minimum Gasteiger partial charge on any atom is -0.512 e. The highest BCUT2D eigenvalue weighted by molar-refractivity contribution is 6.35. The minimum atomic E-state index is -1.42. The van der Waals surface area contributed by atoms with Crippen molar-refractivity contribution >= 4 is 7.32 Å². The molecule has 0 aliphatic heterocycles. The maximum atomic E-state index is 8.90. The van der Waals surface area contributed by atoms with Crippen molar-refractivity contribution in [3.8, 4) is 5.75 Å². The zero-order valence-electron chi connectivity index (χ0n) is 6.38. The van der Waals surface area contributed by atoms with E-state index in [1.807, 2.05) is 6.07 Å². The molecule has 0 aliphatic rings. The van der Waals surface area contributed by atoms with Crippen molar-refractivity contribution in [3.63, 3.8) is 0 Å². The fourth-order valence-corrected chi connectivity index (χ4v) is 0.713. The largest absolute Gasteiger partial charge is 0.712 e. The van der Waals surface area contributed by atoms with E-state index in [2.05, 4.69) is 4.65 Å². The Bertz CT molecular complexity index is 216. The predicted octanol–water partition coefficient (Wildman–Crippen LogP) is 0.00900. The van der Waals surface area contributed by atoms with Gasteiger partial charge in [0.05, 0.1) is 0 Å². The Morgan fingerprint density at radius 2 is 1.92 bits per heavy atom. The Morgan fingerprint density at radius 1 is 1.25 bits per heavy atom. The minimum absolute atomic E-state index is 0.485. The smallest absolute Gasteiger partial charge is 0.512 e. The number of aliphatic hydroxyl groups excluding tert-OH is 1. The Morgan fingerprint density at radius 3 is 2.50 bits per heavy atom.